The maximum Gasteiger partial charge on any atom is 0.209 e. The molecule has 0 aliphatic carbocycles. The van der Waals surface area contributed by atoms with Gasteiger partial charge in [-0.1, -0.05) is 13.3 Å². The molecule has 0 aromatic heterocycles. The molecule has 0 bridgehead atoms. The van der Waals surface area contributed by atoms with Crippen LogP contribution in [-0.4, -0.2) is 50.1 Å². The molecule has 0 saturated carbocycles. The van der Waals surface area contributed by atoms with Crippen molar-refractivity contribution >= 4 is 0 Å². The van der Waals surface area contributed by atoms with E-state index in [1.165, 1.54) is 12.8 Å². The first-order chi connectivity index (χ1) is 7.29. The molecular formula is C11H22N2O2. The van der Waals surface area contributed by atoms with Crippen molar-refractivity contribution in [2.24, 2.45) is 0 Å². The third kappa shape index (κ3) is 3.72. The van der Waals surface area contributed by atoms with Crippen molar-refractivity contribution in [2.45, 2.75) is 26.1 Å². The molecule has 0 N–H and O–H groups in total. The Bertz CT molecular complexity index is 197. The van der Waals surface area contributed by atoms with Gasteiger partial charge in [-0.25, -0.2) is 0 Å². The molecule has 0 radical (unpaired) electrons. The Morgan fingerprint density at radius 1 is 1.27 bits per heavy atom. The van der Waals surface area contributed by atoms with Crippen molar-refractivity contribution in [1.29, 1.82) is 0 Å². The third-order valence-corrected chi connectivity index (χ3v) is 2.45. The van der Waals surface area contributed by atoms with Crippen LogP contribution in [0, 0.1) is 0 Å². The smallest absolute Gasteiger partial charge is 0.209 e. The van der Waals surface area contributed by atoms with Crippen LogP contribution >= 0.6 is 0 Å². The van der Waals surface area contributed by atoms with E-state index >= 15 is 0 Å². The molecule has 1 heterocycles. The van der Waals surface area contributed by atoms with Gasteiger partial charge in [-0.2, -0.15) is 0 Å². The van der Waals surface area contributed by atoms with Gasteiger partial charge >= 0.3 is 0 Å². The molecule has 88 valence electrons. The fourth-order valence-corrected chi connectivity index (χ4v) is 1.55. The summed E-state index contributed by atoms with van der Waals surface area (Å²) in [5, 5.41) is 0. The fraction of sp³-hybridized carbons (Fsp3) is 0.818. The van der Waals surface area contributed by atoms with Gasteiger partial charge in [0, 0.05) is 33.1 Å². The molecule has 0 aromatic rings. The van der Waals surface area contributed by atoms with Crippen LogP contribution in [0.15, 0.2) is 12.4 Å². The van der Waals surface area contributed by atoms with Crippen molar-refractivity contribution in [3.8, 4) is 0 Å². The maximum absolute atomic E-state index is 5.73. The average Bonchev–Trinajstić information content (AvgIpc) is 2.58. The Morgan fingerprint density at radius 2 is 2.07 bits per heavy atom. The molecule has 0 spiro atoms. The minimum atomic E-state index is 0.0479. The van der Waals surface area contributed by atoms with Crippen LogP contribution in [0.3, 0.4) is 0 Å². The van der Waals surface area contributed by atoms with Crippen LogP contribution in [0.5, 0.6) is 0 Å². The van der Waals surface area contributed by atoms with Crippen LogP contribution in [0.4, 0.5) is 0 Å². The van der Waals surface area contributed by atoms with E-state index in [1.807, 2.05) is 13.2 Å². The highest BCUT2D eigenvalue weighted by molar-refractivity contribution is 4.91. The monoisotopic (exact) mass is 214 g/mol. The van der Waals surface area contributed by atoms with Gasteiger partial charge in [0.15, 0.2) is 0 Å². The molecule has 1 aliphatic rings. The van der Waals surface area contributed by atoms with Gasteiger partial charge in [0.25, 0.3) is 0 Å². The van der Waals surface area contributed by atoms with E-state index in [0.29, 0.717) is 13.2 Å². The van der Waals surface area contributed by atoms with Gasteiger partial charge in [0.05, 0.1) is 13.2 Å². The minimum absolute atomic E-state index is 0.0479. The number of methoxy groups -OCH3 is 1. The molecule has 4 heteroatoms. The summed E-state index contributed by atoms with van der Waals surface area (Å²) in [5.74, 6) is 0. The summed E-state index contributed by atoms with van der Waals surface area (Å²) < 4.78 is 10.7. The Morgan fingerprint density at radius 3 is 2.73 bits per heavy atom. The van der Waals surface area contributed by atoms with Gasteiger partial charge in [0.1, 0.15) is 0 Å². The summed E-state index contributed by atoms with van der Waals surface area (Å²) >= 11 is 0. The van der Waals surface area contributed by atoms with Crippen LogP contribution in [0.25, 0.3) is 0 Å². The number of hydrogen-bond donors (Lipinski definition) is 0. The summed E-state index contributed by atoms with van der Waals surface area (Å²) in [7, 11) is 3.72. The standard InChI is InChI=1S/C11H22N2O2/c1-4-5-6-13-8-7-12(2)11(13)15-10-9-14-3/h7-8,11H,4-6,9-10H2,1-3H3. The van der Waals surface area contributed by atoms with Crippen LogP contribution in [-0.2, 0) is 9.47 Å². The number of rotatable bonds is 7. The average molecular weight is 214 g/mol. The first-order valence-corrected chi connectivity index (χ1v) is 5.56. The summed E-state index contributed by atoms with van der Waals surface area (Å²) in [6.45, 7) is 4.53. The second kappa shape index (κ2) is 6.69. The number of hydrogen-bond acceptors (Lipinski definition) is 4. The zero-order valence-electron chi connectivity index (χ0n) is 9.98. The maximum atomic E-state index is 5.73. The lowest BCUT2D eigenvalue weighted by Gasteiger charge is -2.29. The van der Waals surface area contributed by atoms with Gasteiger partial charge in [0.2, 0.25) is 6.35 Å². The van der Waals surface area contributed by atoms with E-state index in [9.17, 15) is 0 Å². The quantitative estimate of drug-likeness (QED) is 0.599. The summed E-state index contributed by atoms with van der Waals surface area (Å²) in [6.07, 6.45) is 6.59. The second-order valence-electron chi connectivity index (χ2n) is 3.74. The highest BCUT2D eigenvalue weighted by Gasteiger charge is 2.23. The molecule has 1 atom stereocenters. The lowest BCUT2D eigenvalue weighted by atomic mass is 10.3. The molecule has 0 amide bonds. The SMILES string of the molecule is CCCCN1C=CN(C)C1OCCOC. The van der Waals surface area contributed by atoms with E-state index in [-0.39, 0.29) is 6.35 Å². The Balaban J connectivity index is 2.30. The van der Waals surface area contributed by atoms with Gasteiger partial charge in [-0.05, 0) is 6.42 Å². The van der Waals surface area contributed by atoms with E-state index in [2.05, 4.69) is 22.9 Å². The molecule has 1 aliphatic heterocycles. The zero-order chi connectivity index (χ0) is 11.1. The first kappa shape index (κ1) is 12.3. The largest absolute Gasteiger partial charge is 0.382 e. The topological polar surface area (TPSA) is 24.9 Å². The van der Waals surface area contributed by atoms with Crippen molar-refractivity contribution < 1.29 is 9.47 Å². The molecule has 0 saturated heterocycles. The lowest BCUT2D eigenvalue weighted by molar-refractivity contribution is -0.106. The molecular weight excluding hydrogens is 192 g/mol. The van der Waals surface area contributed by atoms with Gasteiger partial charge in [-0.3, -0.25) is 0 Å². The fourth-order valence-electron chi connectivity index (χ4n) is 1.55. The van der Waals surface area contributed by atoms with Gasteiger partial charge < -0.3 is 19.3 Å². The van der Waals surface area contributed by atoms with E-state index in [0.717, 1.165) is 6.54 Å². The van der Waals surface area contributed by atoms with Crippen molar-refractivity contribution in [2.75, 3.05) is 33.9 Å². The number of ether oxygens (including phenoxy) is 2. The summed E-state index contributed by atoms with van der Waals surface area (Å²) in [5.41, 5.74) is 0. The molecule has 1 unspecified atom stereocenters. The highest BCUT2D eigenvalue weighted by Crippen LogP contribution is 2.15. The number of unbranched alkanes of at least 4 members (excludes halogenated alkanes) is 1. The normalized spacial score (nSPS) is 20.3. The molecule has 4 nitrogen and oxygen atoms in total. The first-order valence-electron chi connectivity index (χ1n) is 5.56. The molecule has 1 rings (SSSR count). The summed E-state index contributed by atoms with van der Waals surface area (Å²) in [4.78, 5) is 4.30. The molecule has 0 aromatic carbocycles. The third-order valence-electron chi connectivity index (χ3n) is 2.45. The van der Waals surface area contributed by atoms with Crippen LogP contribution < -0.4 is 0 Å². The predicted molar refractivity (Wildman–Crippen MR) is 60.1 cm³/mol. The Labute approximate surface area is 92.4 Å². The van der Waals surface area contributed by atoms with E-state index < -0.39 is 0 Å². The predicted octanol–water partition coefficient (Wildman–Crippen LogP) is 1.45. The second-order valence-corrected chi connectivity index (χ2v) is 3.74. The highest BCUT2D eigenvalue weighted by atomic mass is 16.5. The van der Waals surface area contributed by atoms with Crippen molar-refractivity contribution in [3.05, 3.63) is 12.4 Å². The summed E-state index contributed by atoms with van der Waals surface area (Å²) in [6, 6.07) is 0. The zero-order valence-corrected chi connectivity index (χ0v) is 9.98. The van der Waals surface area contributed by atoms with Crippen molar-refractivity contribution in [3.63, 3.8) is 0 Å². The van der Waals surface area contributed by atoms with Crippen molar-refractivity contribution in [1.82, 2.24) is 9.80 Å². The van der Waals surface area contributed by atoms with E-state index in [4.69, 9.17) is 9.47 Å². The molecule has 15 heavy (non-hydrogen) atoms. The number of nitrogens with zero attached hydrogens (tertiary/aromatic N) is 2. The van der Waals surface area contributed by atoms with Gasteiger partial charge in [-0.15, -0.1) is 0 Å². The lowest BCUT2D eigenvalue weighted by Crippen LogP contribution is -2.40. The Kier molecular flexibility index (Phi) is 5.50. The van der Waals surface area contributed by atoms with E-state index in [1.54, 1.807) is 7.11 Å². The van der Waals surface area contributed by atoms with Crippen LogP contribution in [0.1, 0.15) is 19.8 Å². The Hall–Kier alpha value is -0.740. The minimum Gasteiger partial charge on any atom is -0.382 e. The molecule has 0 fully saturated rings. The van der Waals surface area contributed by atoms with Crippen LogP contribution in [0.2, 0.25) is 0 Å².